The Kier molecular flexibility index (Phi) is 5.24. The van der Waals surface area contributed by atoms with E-state index in [9.17, 15) is 4.79 Å². The van der Waals surface area contributed by atoms with Crippen molar-refractivity contribution in [3.63, 3.8) is 0 Å². The van der Waals surface area contributed by atoms with Crippen molar-refractivity contribution in [2.75, 3.05) is 13.1 Å². The van der Waals surface area contributed by atoms with Gasteiger partial charge >= 0.3 is 0 Å². The van der Waals surface area contributed by atoms with E-state index in [1.807, 2.05) is 47.0 Å². The zero-order valence-corrected chi connectivity index (χ0v) is 12.1. The molecule has 5 heteroatoms. The normalized spacial score (nSPS) is 10.5. The number of nitriles is 1. The summed E-state index contributed by atoms with van der Waals surface area (Å²) in [7, 11) is 1.86. The number of nitrogens with zero attached hydrogens (tertiary/aromatic N) is 4. The molecular formula is C16H18N4O. The first-order chi connectivity index (χ1) is 10.2. The Hall–Kier alpha value is -2.45. The van der Waals surface area contributed by atoms with Crippen LogP contribution in [0.3, 0.4) is 0 Å². The molecule has 0 N–H and O–H groups in total. The maximum atomic E-state index is 12.3. The third kappa shape index (κ3) is 4.26. The Morgan fingerprint density at radius 1 is 1.43 bits per heavy atom. The highest BCUT2D eigenvalue weighted by Gasteiger charge is 2.15. The van der Waals surface area contributed by atoms with Gasteiger partial charge in [-0.1, -0.05) is 6.07 Å². The molecule has 2 rings (SSSR count). The number of ketones is 1. The van der Waals surface area contributed by atoms with E-state index in [0.29, 0.717) is 31.7 Å². The van der Waals surface area contributed by atoms with Crippen LogP contribution in [0.1, 0.15) is 22.5 Å². The number of Topliss-reactive ketones (excluding diaryl/α,β-unsaturated/α-hetero) is 1. The molecule has 2 heterocycles. The molecule has 0 atom stereocenters. The second-order valence-corrected chi connectivity index (χ2v) is 4.91. The first kappa shape index (κ1) is 14.9. The van der Waals surface area contributed by atoms with Gasteiger partial charge < -0.3 is 4.57 Å². The summed E-state index contributed by atoms with van der Waals surface area (Å²) >= 11 is 0. The van der Waals surface area contributed by atoms with E-state index in [2.05, 4.69) is 11.1 Å². The predicted molar refractivity (Wildman–Crippen MR) is 79.5 cm³/mol. The second kappa shape index (κ2) is 7.36. The van der Waals surface area contributed by atoms with Gasteiger partial charge in [-0.15, -0.1) is 0 Å². The highest BCUT2D eigenvalue weighted by atomic mass is 16.1. The number of hydrogen-bond donors (Lipinski definition) is 0. The Bertz CT molecular complexity index is 627. The maximum absolute atomic E-state index is 12.3. The topological polar surface area (TPSA) is 61.9 Å². The molecule has 0 aliphatic carbocycles. The Morgan fingerprint density at radius 2 is 2.29 bits per heavy atom. The van der Waals surface area contributed by atoms with Crippen LogP contribution < -0.4 is 0 Å². The van der Waals surface area contributed by atoms with Gasteiger partial charge in [0, 0.05) is 45.1 Å². The summed E-state index contributed by atoms with van der Waals surface area (Å²) < 4.78 is 1.81. The molecule has 0 saturated carbocycles. The molecule has 0 saturated heterocycles. The van der Waals surface area contributed by atoms with E-state index in [1.54, 1.807) is 12.4 Å². The smallest absolute Gasteiger partial charge is 0.193 e. The standard InChI is InChI=1S/C16H18N4O/c1-19-9-3-6-15(19)16(21)13-20(10-4-7-17)12-14-5-2-8-18-11-14/h2-3,5-6,8-9,11H,4,10,12-13H2,1H3. The molecule has 2 aromatic rings. The number of aromatic nitrogens is 2. The lowest BCUT2D eigenvalue weighted by Crippen LogP contribution is -2.31. The number of carbonyl (C=O) groups excluding carboxylic acids is 1. The van der Waals surface area contributed by atoms with E-state index in [1.165, 1.54) is 0 Å². The third-order valence-corrected chi connectivity index (χ3v) is 3.27. The van der Waals surface area contributed by atoms with Crippen molar-refractivity contribution in [1.29, 1.82) is 5.26 Å². The second-order valence-electron chi connectivity index (χ2n) is 4.91. The molecule has 0 fully saturated rings. The van der Waals surface area contributed by atoms with Gasteiger partial charge in [0.2, 0.25) is 0 Å². The molecular weight excluding hydrogens is 264 g/mol. The van der Waals surface area contributed by atoms with Crippen LogP contribution >= 0.6 is 0 Å². The maximum Gasteiger partial charge on any atom is 0.193 e. The minimum Gasteiger partial charge on any atom is -0.348 e. The summed E-state index contributed by atoms with van der Waals surface area (Å²) in [6.45, 7) is 1.49. The van der Waals surface area contributed by atoms with Crippen molar-refractivity contribution in [2.24, 2.45) is 7.05 Å². The van der Waals surface area contributed by atoms with E-state index in [0.717, 1.165) is 5.56 Å². The lowest BCUT2D eigenvalue weighted by Gasteiger charge is -2.20. The lowest BCUT2D eigenvalue weighted by atomic mass is 10.2. The first-order valence-electron chi connectivity index (χ1n) is 6.83. The zero-order valence-electron chi connectivity index (χ0n) is 12.1. The van der Waals surface area contributed by atoms with E-state index in [4.69, 9.17) is 5.26 Å². The minimum atomic E-state index is 0.0596. The number of hydrogen-bond acceptors (Lipinski definition) is 4. The fraction of sp³-hybridized carbons (Fsp3) is 0.312. The van der Waals surface area contributed by atoms with Crippen molar-refractivity contribution in [3.05, 3.63) is 54.1 Å². The minimum absolute atomic E-state index is 0.0596. The molecule has 2 aromatic heterocycles. The quantitative estimate of drug-likeness (QED) is 0.729. The molecule has 5 nitrogen and oxygen atoms in total. The fourth-order valence-electron chi connectivity index (χ4n) is 2.21. The molecule has 0 bridgehead atoms. The number of pyridine rings is 1. The van der Waals surface area contributed by atoms with Crippen molar-refractivity contribution >= 4 is 5.78 Å². The van der Waals surface area contributed by atoms with Crippen LogP contribution in [0.4, 0.5) is 0 Å². The van der Waals surface area contributed by atoms with Gasteiger partial charge in [-0.25, -0.2) is 0 Å². The van der Waals surface area contributed by atoms with Gasteiger partial charge in [0.15, 0.2) is 5.78 Å². The Morgan fingerprint density at radius 3 is 2.90 bits per heavy atom. The van der Waals surface area contributed by atoms with Crippen molar-refractivity contribution in [3.8, 4) is 6.07 Å². The third-order valence-electron chi connectivity index (χ3n) is 3.27. The van der Waals surface area contributed by atoms with Gasteiger partial charge in [-0.3, -0.25) is 14.7 Å². The molecule has 0 aliphatic heterocycles. The largest absolute Gasteiger partial charge is 0.348 e. The zero-order chi connectivity index (χ0) is 15.1. The van der Waals surface area contributed by atoms with Crippen LogP contribution in [0.2, 0.25) is 0 Å². The van der Waals surface area contributed by atoms with Gasteiger partial charge in [-0.2, -0.15) is 5.26 Å². The summed E-state index contributed by atoms with van der Waals surface area (Å²) in [5, 5.41) is 8.77. The van der Waals surface area contributed by atoms with Gasteiger partial charge in [-0.05, 0) is 23.8 Å². The molecule has 0 aromatic carbocycles. The molecule has 21 heavy (non-hydrogen) atoms. The average molecular weight is 282 g/mol. The predicted octanol–water partition coefficient (Wildman–Crippen LogP) is 2.02. The van der Waals surface area contributed by atoms with Crippen molar-refractivity contribution < 1.29 is 4.79 Å². The monoisotopic (exact) mass is 282 g/mol. The van der Waals surface area contributed by atoms with Crippen LogP contribution in [-0.2, 0) is 13.6 Å². The van der Waals surface area contributed by atoms with Gasteiger partial charge in [0.05, 0.1) is 18.3 Å². The van der Waals surface area contributed by atoms with E-state index < -0.39 is 0 Å². The average Bonchev–Trinajstić information content (AvgIpc) is 2.92. The fourth-order valence-corrected chi connectivity index (χ4v) is 2.21. The molecule has 0 aliphatic rings. The van der Waals surface area contributed by atoms with E-state index in [-0.39, 0.29) is 5.78 Å². The molecule has 0 unspecified atom stereocenters. The highest BCUT2D eigenvalue weighted by Crippen LogP contribution is 2.07. The Balaban J connectivity index is 2.04. The summed E-state index contributed by atoms with van der Waals surface area (Å²) in [6, 6.07) is 9.64. The van der Waals surface area contributed by atoms with E-state index >= 15 is 0 Å². The van der Waals surface area contributed by atoms with Gasteiger partial charge in [0.1, 0.15) is 0 Å². The summed E-state index contributed by atoms with van der Waals surface area (Å²) in [4.78, 5) is 18.4. The molecule has 108 valence electrons. The molecule has 0 spiro atoms. The van der Waals surface area contributed by atoms with Gasteiger partial charge in [0.25, 0.3) is 0 Å². The lowest BCUT2D eigenvalue weighted by molar-refractivity contribution is 0.0919. The van der Waals surface area contributed by atoms with Crippen LogP contribution in [-0.4, -0.2) is 33.3 Å². The molecule has 0 radical (unpaired) electrons. The van der Waals surface area contributed by atoms with Crippen LogP contribution in [0.5, 0.6) is 0 Å². The summed E-state index contributed by atoms with van der Waals surface area (Å²) in [5.41, 5.74) is 1.72. The number of aryl methyl sites for hydroxylation is 1. The van der Waals surface area contributed by atoms with Crippen molar-refractivity contribution in [1.82, 2.24) is 14.5 Å². The molecule has 0 amide bonds. The van der Waals surface area contributed by atoms with Crippen LogP contribution in [0.25, 0.3) is 0 Å². The summed E-state index contributed by atoms with van der Waals surface area (Å²) in [6.07, 6.45) is 5.76. The number of carbonyl (C=O) groups is 1. The number of rotatable bonds is 7. The summed E-state index contributed by atoms with van der Waals surface area (Å²) in [5.74, 6) is 0.0596. The van der Waals surface area contributed by atoms with Crippen molar-refractivity contribution in [2.45, 2.75) is 13.0 Å². The van der Waals surface area contributed by atoms with Crippen LogP contribution in [0.15, 0.2) is 42.9 Å². The first-order valence-corrected chi connectivity index (χ1v) is 6.83. The Labute approximate surface area is 124 Å². The van der Waals surface area contributed by atoms with Crippen LogP contribution in [0, 0.1) is 11.3 Å². The highest BCUT2D eigenvalue weighted by molar-refractivity contribution is 5.96. The SMILES string of the molecule is Cn1cccc1C(=O)CN(CCC#N)Cc1cccnc1.